The Morgan fingerprint density at radius 1 is 1.30 bits per heavy atom. The van der Waals surface area contributed by atoms with Crippen molar-refractivity contribution in [3.05, 3.63) is 38.3 Å². The van der Waals surface area contributed by atoms with Crippen LogP contribution in [0.2, 0.25) is 15.1 Å². The number of nitrogens with zero attached hydrogens (tertiary/aromatic N) is 1. The number of nitrogens with one attached hydrogen (secondary N) is 1. The van der Waals surface area contributed by atoms with Gasteiger partial charge in [0.05, 0.1) is 20.3 Å². The molecule has 1 aromatic carbocycles. The molecule has 0 aromatic heterocycles. The van der Waals surface area contributed by atoms with Crippen LogP contribution in [-0.4, -0.2) is 13.7 Å². The van der Waals surface area contributed by atoms with Crippen LogP contribution in [0.4, 0.5) is 5.69 Å². The summed E-state index contributed by atoms with van der Waals surface area (Å²) in [5.74, 6) is 0. The Hall–Kier alpha value is -0.930. The highest BCUT2D eigenvalue weighted by molar-refractivity contribution is 7.96. The van der Waals surface area contributed by atoms with Crippen LogP contribution in [0.15, 0.2) is 23.2 Å². The molecule has 0 fully saturated rings. The number of allylic oxidation sites excluding steroid dienone is 1. The first kappa shape index (κ1) is 17.1. The van der Waals surface area contributed by atoms with Crippen molar-refractivity contribution < 1.29 is 8.42 Å². The van der Waals surface area contributed by atoms with Gasteiger partial charge in [-0.3, -0.25) is 0 Å². The average Bonchev–Trinajstić information content (AvgIpc) is 2.36. The molecule has 108 valence electrons. The van der Waals surface area contributed by atoms with E-state index in [2.05, 4.69) is 5.32 Å². The lowest BCUT2D eigenvalue weighted by molar-refractivity contribution is 0.595. The van der Waals surface area contributed by atoms with E-state index in [1.54, 1.807) is 6.07 Å². The molecule has 0 radical (unpaired) electrons. The van der Waals surface area contributed by atoms with Gasteiger partial charge in [-0.1, -0.05) is 34.8 Å². The summed E-state index contributed by atoms with van der Waals surface area (Å²) in [4.78, 5) is -0.366. The summed E-state index contributed by atoms with van der Waals surface area (Å²) < 4.78 is 23.7. The molecular formula is C12H11Cl3N2O2S. The first-order chi connectivity index (χ1) is 9.20. The van der Waals surface area contributed by atoms with E-state index < -0.39 is 15.1 Å². The predicted molar refractivity (Wildman–Crippen MR) is 82.8 cm³/mol. The summed E-state index contributed by atoms with van der Waals surface area (Å²) in [6, 6.07) is 4.60. The molecule has 4 nitrogen and oxygen atoms in total. The van der Waals surface area contributed by atoms with Gasteiger partial charge in [0.1, 0.15) is 6.07 Å². The Morgan fingerprint density at radius 2 is 1.80 bits per heavy atom. The summed E-state index contributed by atoms with van der Waals surface area (Å²) in [5.41, 5.74) is 0.427. The van der Waals surface area contributed by atoms with Crippen molar-refractivity contribution in [2.24, 2.45) is 0 Å². The third-order valence-corrected chi connectivity index (χ3v) is 5.65. The van der Waals surface area contributed by atoms with Crippen molar-refractivity contribution in [3.63, 3.8) is 0 Å². The molecule has 0 aliphatic carbocycles. The molecule has 0 heterocycles. The van der Waals surface area contributed by atoms with Gasteiger partial charge >= 0.3 is 0 Å². The van der Waals surface area contributed by atoms with Crippen LogP contribution in [-0.2, 0) is 9.84 Å². The fourth-order valence-electron chi connectivity index (χ4n) is 1.22. The molecule has 0 aliphatic rings. The molecule has 8 heteroatoms. The zero-order valence-electron chi connectivity index (χ0n) is 10.6. The van der Waals surface area contributed by atoms with E-state index in [0.29, 0.717) is 5.69 Å². The van der Waals surface area contributed by atoms with Crippen LogP contribution in [0.3, 0.4) is 0 Å². The number of anilines is 1. The predicted octanol–water partition coefficient (Wildman–Crippen LogP) is 4.25. The molecule has 20 heavy (non-hydrogen) atoms. The number of hydrogen-bond acceptors (Lipinski definition) is 4. The van der Waals surface area contributed by atoms with Crippen molar-refractivity contribution in [3.8, 4) is 6.07 Å². The van der Waals surface area contributed by atoms with E-state index in [0.717, 1.165) is 6.20 Å². The Morgan fingerprint density at radius 3 is 2.20 bits per heavy atom. The van der Waals surface area contributed by atoms with Crippen molar-refractivity contribution in [2.45, 2.75) is 19.1 Å². The molecule has 0 bridgehead atoms. The molecule has 0 atom stereocenters. The van der Waals surface area contributed by atoms with Crippen LogP contribution in [0.25, 0.3) is 0 Å². The molecule has 0 unspecified atom stereocenters. The van der Waals surface area contributed by atoms with Crippen LogP contribution >= 0.6 is 34.8 Å². The number of hydrogen-bond donors (Lipinski definition) is 1. The fraction of sp³-hybridized carbons (Fsp3) is 0.250. The molecule has 0 aliphatic heterocycles. The van der Waals surface area contributed by atoms with E-state index in [-0.39, 0.29) is 20.0 Å². The second-order valence-corrected chi connectivity index (χ2v) is 7.78. The van der Waals surface area contributed by atoms with Gasteiger partial charge < -0.3 is 5.32 Å². The Balaban J connectivity index is 3.12. The number of sulfone groups is 1. The molecule has 1 aromatic rings. The van der Waals surface area contributed by atoms with E-state index in [4.69, 9.17) is 40.1 Å². The van der Waals surface area contributed by atoms with Crippen molar-refractivity contribution in [2.75, 3.05) is 5.32 Å². The number of nitriles is 1. The van der Waals surface area contributed by atoms with Crippen LogP contribution in [0, 0.1) is 11.3 Å². The van der Waals surface area contributed by atoms with Gasteiger partial charge in [0.25, 0.3) is 0 Å². The SMILES string of the molecule is CC(C)S(=O)(=O)/C(C#N)=C/Nc1cc(Cl)c(Cl)c(Cl)c1. The maximum absolute atomic E-state index is 11.9. The first-order valence-corrected chi connectivity index (χ1v) is 8.13. The molecule has 0 saturated carbocycles. The lowest BCUT2D eigenvalue weighted by atomic mass is 10.3. The minimum absolute atomic E-state index is 0.207. The third-order valence-electron chi connectivity index (χ3n) is 2.39. The summed E-state index contributed by atoms with van der Waals surface area (Å²) in [5, 5.41) is 11.6. The molecule has 1 N–H and O–H groups in total. The largest absolute Gasteiger partial charge is 0.360 e. The lowest BCUT2D eigenvalue weighted by Crippen LogP contribution is -2.16. The second-order valence-electron chi connectivity index (χ2n) is 4.11. The summed E-state index contributed by atoms with van der Waals surface area (Å²) >= 11 is 17.5. The minimum Gasteiger partial charge on any atom is -0.360 e. The van der Waals surface area contributed by atoms with E-state index in [1.165, 1.54) is 26.0 Å². The molecular weight excluding hydrogens is 343 g/mol. The van der Waals surface area contributed by atoms with Gasteiger partial charge in [-0.05, 0) is 26.0 Å². The Kier molecular flexibility index (Phi) is 5.72. The zero-order chi connectivity index (χ0) is 15.5. The van der Waals surface area contributed by atoms with Crippen LogP contribution in [0.5, 0.6) is 0 Å². The monoisotopic (exact) mass is 352 g/mol. The van der Waals surface area contributed by atoms with Crippen molar-refractivity contribution >= 4 is 50.3 Å². The van der Waals surface area contributed by atoms with Crippen molar-refractivity contribution in [1.29, 1.82) is 5.26 Å². The van der Waals surface area contributed by atoms with Crippen LogP contribution < -0.4 is 5.32 Å². The van der Waals surface area contributed by atoms with E-state index in [1.807, 2.05) is 0 Å². The average molecular weight is 354 g/mol. The lowest BCUT2D eigenvalue weighted by Gasteiger charge is -2.08. The van der Waals surface area contributed by atoms with E-state index >= 15 is 0 Å². The summed E-state index contributed by atoms with van der Waals surface area (Å²) in [7, 11) is -3.64. The molecule has 0 amide bonds. The number of benzene rings is 1. The van der Waals surface area contributed by atoms with Gasteiger partial charge in [0.2, 0.25) is 0 Å². The van der Waals surface area contributed by atoms with Crippen LogP contribution in [0.1, 0.15) is 13.8 Å². The third kappa shape index (κ3) is 3.80. The van der Waals surface area contributed by atoms with Gasteiger partial charge in [0.15, 0.2) is 14.7 Å². The number of rotatable bonds is 4. The zero-order valence-corrected chi connectivity index (χ0v) is 13.7. The fourth-order valence-corrected chi connectivity index (χ4v) is 2.67. The quantitative estimate of drug-likeness (QED) is 0.649. The summed E-state index contributed by atoms with van der Waals surface area (Å²) in [6.07, 6.45) is 1.10. The normalized spacial score (nSPS) is 12.3. The number of halogens is 3. The molecule has 1 rings (SSSR count). The first-order valence-electron chi connectivity index (χ1n) is 5.45. The van der Waals surface area contributed by atoms with Gasteiger partial charge in [-0.15, -0.1) is 0 Å². The molecule has 0 spiro atoms. The van der Waals surface area contributed by atoms with Gasteiger partial charge in [0, 0.05) is 11.9 Å². The highest BCUT2D eigenvalue weighted by atomic mass is 35.5. The maximum atomic E-state index is 11.9. The summed E-state index contributed by atoms with van der Waals surface area (Å²) in [6.45, 7) is 2.99. The maximum Gasteiger partial charge on any atom is 0.192 e. The van der Waals surface area contributed by atoms with Crippen molar-refractivity contribution in [1.82, 2.24) is 0 Å². The minimum atomic E-state index is -3.64. The molecule has 0 saturated heterocycles. The Bertz CT molecular complexity index is 668. The smallest absolute Gasteiger partial charge is 0.192 e. The van der Waals surface area contributed by atoms with E-state index in [9.17, 15) is 8.42 Å². The second kappa shape index (κ2) is 6.68. The Labute approximate surface area is 132 Å². The highest BCUT2D eigenvalue weighted by Gasteiger charge is 2.22. The van der Waals surface area contributed by atoms with Gasteiger partial charge in [-0.25, -0.2) is 8.42 Å². The van der Waals surface area contributed by atoms with Gasteiger partial charge in [-0.2, -0.15) is 5.26 Å². The highest BCUT2D eigenvalue weighted by Crippen LogP contribution is 2.33. The topological polar surface area (TPSA) is 70.0 Å². The standard InChI is InChI=1S/C12H11Cl3N2O2S/c1-7(2)20(18,19)9(5-16)6-17-8-3-10(13)12(15)11(14)4-8/h3-4,6-7,17H,1-2H3/b9-6+.